The summed E-state index contributed by atoms with van der Waals surface area (Å²) in [6.45, 7) is 8.10. The van der Waals surface area contributed by atoms with Crippen molar-refractivity contribution < 1.29 is 8.42 Å². The normalized spacial score (nSPS) is 13.9. The van der Waals surface area contributed by atoms with Gasteiger partial charge >= 0.3 is 0 Å². The number of hydrogen-bond acceptors (Lipinski definition) is 4. The molecule has 1 atom stereocenters. The SMILES string of the molecule is CCCCS(=O)(=O)NC(CC(C)C)c1nc(C)cs1. The van der Waals surface area contributed by atoms with Gasteiger partial charge in [-0.15, -0.1) is 11.3 Å². The van der Waals surface area contributed by atoms with E-state index in [1.165, 1.54) is 11.3 Å². The fourth-order valence-electron chi connectivity index (χ4n) is 1.81. The predicted molar refractivity (Wildman–Crippen MR) is 80.9 cm³/mol. The molecule has 1 aromatic heterocycles. The number of nitrogens with one attached hydrogen (secondary N) is 1. The Hall–Kier alpha value is -0.460. The third kappa shape index (κ3) is 6.01. The molecule has 0 aromatic carbocycles. The Kier molecular flexibility index (Phi) is 6.42. The van der Waals surface area contributed by atoms with Crippen LogP contribution < -0.4 is 4.72 Å². The maximum Gasteiger partial charge on any atom is 0.212 e. The van der Waals surface area contributed by atoms with Crippen LogP contribution in [-0.4, -0.2) is 19.2 Å². The van der Waals surface area contributed by atoms with Gasteiger partial charge in [0.25, 0.3) is 0 Å². The highest BCUT2D eigenvalue weighted by molar-refractivity contribution is 7.89. The first-order chi connectivity index (χ1) is 8.84. The van der Waals surface area contributed by atoms with Crippen LogP contribution in [0.25, 0.3) is 0 Å². The molecule has 6 heteroatoms. The summed E-state index contributed by atoms with van der Waals surface area (Å²) in [5.41, 5.74) is 0.946. The lowest BCUT2D eigenvalue weighted by Gasteiger charge is -2.18. The summed E-state index contributed by atoms with van der Waals surface area (Å²) in [7, 11) is -3.21. The van der Waals surface area contributed by atoms with Crippen molar-refractivity contribution in [1.82, 2.24) is 9.71 Å². The van der Waals surface area contributed by atoms with Crippen LogP contribution in [0.4, 0.5) is 0 Å². The lowest BCUT2D eigenvalue weighted by Crippen LogP contribution is -2.31. The molecule has 0 saturated heterocycles. The van der Waals surface area contributed by atoms with Gasteiger partial charge in [0, 0.05) is 11.1 Å². The van der Waals surface area contributed by atoms with Crippen LogP contribution in [0.1, 0.15) is 56.8 Å². The van der Waals surface area contributed by atoms with Gasteiger partial charge in [0.1, 0.15) is 5.01 Å². The topological polar surface area (TPSA) is 59.1 Å². The highest BCUT2D eigenvalue weighted by Gasteiger charge is 2.22. The van der Waals surface area contributed by atoms with Crippen molar-refractivity contribution >= 4 is 21.4 Å². The molecule has 0 aliphatic heterocycles. The van der Waals surface area contributed by atoms with Gasteiger partial charge in [-0.3, -0.25) is 0 Å². The van der Waals surface area contributed by atoms with E-state index in [0.29, 0.717) is 12.3 Å². The van der Waals surface area contributed by atoms with Gasteiger partial charge in [-0.25, -0.2) is 18.1 Å². The second kappa shape index (κ2) is 7.36. The fraction of sp³-hybridized carbons (Fsp3) is 0.769. The maximum absolute atomic E-state index is 12.0. The lowest BCUT2D eigenvalue weighted by molar-refractivity contribution is 0.470. The number of hydrogen-bond donors (Lipinski definition) is 1. The fourth-order valence-corrected chi connectivity index (χ4v) is 4.18. The molecule has 0 fully saturated rings. The highest BCUT2D eigenvalue weighted by Crippen LogP contribution is 2.25. The van der Waals surface area contributed by atoms with Crippen LogP contribution >= 0.6 is 11.3 Å². The average molecular weight is 304 g/mol. The first-order valence-corrected chi connectivity index (χ1v) is 9.29. The largest absolute Gasteiger partial charge is 0.245 e. The Morgan fingerprint density at radius 3 is 2.58 bits per heavy atom. The second-order valence-corrected chi connectivity index (χ2v) is 8.06. The first-order valence-electron chi connectivity index (χ1n) is 6.76. The van der Waals surface area contributed by atoms with Gasteiger partial charge in [-0.05, 0) is 25.7 Å². The van der Waals surface area contributed by atoms with Gasteiger partial charge in [-0.2, -0.15) is 0 Å². The highest BCUT2D eigenvalue weighted by atomic mass is 32.2. The average Bonchev–Trinajstić information content (AvgIpc) is 2.71. The van der Waals surface area contributed by atoms with Crippen molar-refractivity contribution in [3.8, 4) is 0 Å². The van der Waals surface area contributed by atoms with Crippen molar-refractivity contribution in [1.29, 1.82) is 0 Å². The molecule has 0 radical (unpaired) electrons. The molecule has 110 valence electrons. The molecule has 1 rings (SSSR count). The molecule has 0 spiro atoms. The minimum absolute atomic E-state index is 0.194. The van der Waals surface area contributed by atoms with E-state index in [4.69, 9.17) is 0 Å². The Morgan fingerprint density at radius 2 is 2.11 bits per heavy atom. The molecular formula is C13H24N2O2S2. The van der Waals surface area contributed by atoms with Gasteiger partial charge in [-0.1, -0.05) is 27.2 Å². The van der Waals surface area contributed by atoms with Gasteiger partial charge in [0.05, 0.1) is 11.8 Å². The van der Waals surface area contributed by atoms with Crippen molar-refractivity contribution in [3.05, 3.63) is 16.1 Å². The van der Waals surface area contributed by atoms with Crippen LogP contribution in [-0.2, 0) is 10.0 Å². The second-order valence-electron chi connectivity index (χ2n) is 5.30. The molecule has 0 aliphatic carbocycles. The van der Waals surface area contributed by atoms with E-state index in [2.05, 4.69) is 23.6 Å². The van der Waals surface area contributed by atoms with Crippen LogP contribution in [0.2, 0.25) is 0 Å². The Balaban J connectivity index is 2.81. The third-order valence-electron chi connectivity index (χ3n) is 2.73. The van der Waals surface area contributed by atoms with Crippen LogP contribution in [0.15, 0.2) is 5.38 Å². The van der Waals surface area contributed by atoms with Gasteiger partial charge < -0.3 is 0 Å². The standard InChI is InChI=1S/C13H24N2O2S2/c1-5-6-7-19(16,17)15-12(8-10(2)3)13-14-11(4)9-18-13/h9-10,12,15H,5-8H2,1-4H3. The monoisotopic (exact) mass is 304 g/mol. The number of unbranched alkanes of at least 4 members (excludes halogenated alkanes) is 1. The zero-order chi connectivity index (χ0) is 14.5. The van der Waals surface area contributed by atoms with Gasteiger partial charge in [0.15, 0.2) is 0 Å². The molecule has 1 unspecified atom stereocenters. The zero-order valence-electron chi connectivity index (χ0n) is 12.1. The zero-order valence-corrected chi connectivity index (χ0v) is 13.8. The van der Waals surface area contributed by atoms with Crippen molar-refractivity contribution in [2.24, 2.45) is 5.92 Å². The maximum atomic E-state index is 12.0. The van der Waals surface area contributed by atoms with E-state index in [9.17, 15) is 8.42 Å². The van der Waals surface area contributed by atoms with Crippen LogP contribution in [0, 0.1) is 12.8 Å². The number of thiazole rings is 1. The first kappa shape index (κ1) is 16.6. The summed E-state index contributed by atoms with van der Waals surface area (Å²) in [5, 5.41) is 2.83. The summed E-state index contributed by atoms with van der Waals surface area (Å²) in [6, 6.07) is -0.194. The Labute approximate surface area is 120 Å². The Bertz CT molecular complexity index is 481. The summed E-state index contributed by atoms with van der Waals surface area (Å²) in [5.74, 6) is 0.616. The van der Waals surface area contributed by atoms with Crippen LogP contribution in [0.5, 0.6) is 0 Å². The predicted octanol–water partition coefficient (Wildman–Crippen LogP) is 3.26. The molecular weight excluding hydrogens is 280 g/mol. The molecule has 19 heavy (non-hydrogen) atoms. The quantitative estimate of drug-likeness (QED) is 0.802. The number of rotatable bonds is 8. The molecule has 0 saturated carbocycles. The minimum Gasteiger partial charge on any atom is -0.245 e. The number of nitrogens with zero attached hydrogens (tertiary/aromatic N) is 1. The van der Waals surface area contributed by atoms with Crippen molar-refractivity contribution in [3.63, 3.8) is 0 Å². The van der Waals surface area contributed by atoms with E-state index < -0.39 is 10.0 Å². The smallest absolute Gasteiger partial charge is 0.212 e. The summed E-state index contributed by atoms with van der Waals surface area (Å²) >= 11 is 1.53. The Morgan fingerprint density at radius 1 is 1.42 bits per heavy atom. The van der Waals surface area contributed by atoms with E-state index in [1.807, 2.05) is 19.2 Å². The molecule has 1 N–H and O–H groups in total. The number of sulfonamides is 1. The molecule has 0 bridgehead atoms. The van der Waals surface area contributed by atoms with Crippen LogP contribution in [0.3, 0.4) is 0 Å². The van der Waals surface area contributed by atoms with Crippen molar-refractivity contribution in [2.75, 3.05) is 5.75 Å². The molecule has 4 nitrogen and oxygen atoms in total. The molecule has 1 heterocycles. The minimum atomic E-state index is -3.21. The van der Waals surface area contributed by atoms with E-state index in [-0.39, 0.29) is 11.8 Å². The van der Waals surface area contributed by atoms with E-state index in [0.717, 1.165) is 23.5 Å². The molecule has 0 amide bonds. The summed E-state index contributed by atoms with van der Waals surface area (Å²) in [4.78, 5) is 4.42. The summed E-state index contributed by atoms with van der Waals surface area (Å²) in [6.07, 6.45) is 2.35. The third-order valence-corrected chi connectivity index (χ3v) is 5.28. The van der Waals surface area contributed by atoms with E-state index in [1.54, 1.807) is 0 Å². The van der Waals surface area contributed by atoms with Gasteiger partial charge in [0.2, 0.25) is 10.0 Å². The summed E-state index contributed by atoms with van der Waals surface area (Å²) < 4.78 is 26.9. The number of aromatic nitrogens is 1. The number of aryl methyl sites for hydroxylation is 1. The van der Waals surface area contributed by atoms with E-state index >= 15 is 0 Å². The van der Waals surface area contributed by atoms with Crippen molar-refractivity contribution in [2.45, 2.75) is 53.0 Å². The molecule has 0 aliphatic rings. The lowest BCUT2D eigenvalue weighted by atomic mass is 10.1. The molecule has 1 aromatic rings.